The SMILES string of the molecule is Cc1ccc2c(c1)C(=O)N(CCCCN1CC=C(c3ccccn3)CC1)C(CCl)=CO2. The number of nitrogens with zero attached hydrogens (tertiary/aromatic N) is 3. The van der Waals surface area contributed by atoms with E-state index in [0.29, 0.717) is 23.6 Å². The van der Waals surface area contributed by atoms with Crippen molar-refractivity contribution in [3.8, 4) is 5.75 Å². The molecule has 3 heterocycles. The molecule has 2 aliphatic rings. The van der Waals surface area contributed by atoms with Crippen molar-refractivity contribution in [3.63, 3.8) is 0 Å². The molecule has 0 bridgehead atoms. The van der Waals surface area contributed by atoms with Gasteiger partial charge in [-0.1, -0.05) is 23.8 Å². The second-order valence-electron chi connectivity index (χ2n) is 8.02. The Morgan fingerprint density at radius 1 is 1.16 bits per heavy atom. The number of hydrogen-bond acceptors (Lipinski definition) is 4. The molecule has 0 aliphatic carbocycles. The number of hydrogen-bond donors (Lipinski definition) is 0. The highest BCUT2D eigenvalue weighted by Crippen LogP contribution is 2.28. The maximum atomic E-state index is 13.1. The second-order valence-corrected chi connectivity index (χ2v) is 8.29. The van der Waals surface area contributed by atoms with Crippen LogP contribution in [-0.2, 0) is 0 Å². The summed E-state index contributed by atoms with van der Waals surface area (Å²) >= 11 is 6.12. The Balaban J connectivity index is 1.31. The van der Waals surface area contributed by atoms with Crippen molar-refractivity contribution in [1.82, 2.24) is 14.8 Å². The lowest BCUT2D eigenvalue weighted by Gasteiger charge is -2.27. The van der Waals surface area contributed by atoms with E-state index in [-0.39, 0.29) is 11.8 Å². The Morgan fingerprint density at radius 3 is 2.77 bits per heavy atom. The predicted octanol–water partition coefficient (Wildman–Crippen LogP) is 4.87. The number of alkyl halides is 1. The monoisotopic (exact) mass is 437 g/mol. The standard InChI is InChI=1S/C25H28ClN3O2/c1-19-7-8-24-22(16-19)25(30)29(21(17-26)18-31-24)13-5-4-12-28-14-9-20(10-15-28)23-6-2-3-11-27-23/h2-3,6-9,11,16,18H,4-5,10,12-15,17H2,1H3. The maximum absolute atomic E-state index is 13.1. The lowest BCUT2D eigenvalue weighted by molar-refractivity contribution is 0.0805. The van der Waals surface area contributed by atoms with Gasteiger partial charge in [-0.3, -0.25) is 14.7 Å². The zero-order chi connectivity index (χ0) is 21.6. The third-order valence-electron chi connectivity index (χ3n) is 5.81. The van der Waals surface area contributed by atoms with E-state index in [2.05, 4.69) is 22.0 Å². The normalized spacial score (nSPS) is 16.8. The zero-order valence-corrected chi connectivity index (χ0v) is 18.6. The van der Waals surface area contributed by atoms with E-state index >= 15 is 0 Å². The van der Waals surface area contributed by atoms with E-state index in [1.165, 1.54) is 5.57 Å². The summed E-state index contributed by atoms with van der Waals surface area (Å²) in [5.41, 5.74) is 4.76. The average Bonchev–Trinajstić information content (AvgIpc) is 2.94. The summed E-state index contributed by atoms with van der Waals surface area (Å²) in [6.07, 6.45) is 8.70. The molecular weight excluding hydrogens is 410 g/mol. The van der Waals surface area contributed by atoms with Crippen molar-refractivity contribution in [3.05, 3.63) is 77.5 Å². The van der Waals surface area contributed by atoms with Crippen molar-refractivity contribution in [2.75, 3.05) is 32.1 Å². The molecule has 1 aromatic heterocycles. The van der Waals surface area contributed by atoms with E-state index in [1.807, 2.05) is 43.5 Å². The highest BCUT2D eigenvalue weighted by molar-refractivity contribution is 6.19. The van der Waals surface area contributed by atoms with Crippen molar-refractivity contribution in [2.24, 2.45) is 0 Å². The molecule has 6 heteroatoms. The highest BCUT2D eigenvalue weighted by Gasteiger charge is 2.26. The molecule has 1 amide bonds. The van der Waals surface area contributed by atoms with E-state index in [9.17, 15) is 4.79 Å². The molecule has 0 unspecified atom stereocenters. The van der Waals surface area contributed by atoms with E-state index in [0.717, 1.165) is 50.2 Å². The number of halogens is 1. The first-order chi connectivity index (χ1) is 15.2. The number of amides is 1. The van der Waals surface area contributed by atoms with Crippen LogP contribution in [-0.4, -0.2) is 52.8 Å². The summed E-state index contributed by atoms with van der Waals surface area (Å²) in [6.45, 7) is 5.61. The summed E-state index contributed by atoms with van der Waals surface area (Å²) in [4.78, 5) is 21.8. The average molecular weight is 438 g/mol. The number of pyridine rings is 1. The molecule has 162 valence electrons. The molecule has 2 aliphatic heterocycles. The molecule has 0 fully saturated rings. The van der Waals surface area contributed by atoms with Gasteiger partial charge >= 0.3 is 0 Å². The minimum absolute atomic E-state index is 0.0380. The van der Waals surface area contributed by atoms with Gasteiger partial charge in [-0.2, -0.15) is 0 Å². The largest absolute Gasteiger partial charge is 0.462 e. The number of fused-ring (bicyclic) bond motifs is 1. The fourth-order valence-electron chi connectivity index (χ4n) is 4.04. The summed E-state index contributed by atoms with van der Waals surface area (Å²) < 4.78 is 5.73. The van der Waals surface area contributed by atoms with Crippen molar-refractivity contribution < 1.29 is 9.53 Å². The van der Waals surface area contributed by atoms with Crippen LogP contribution >= 0.6 is 11.6 Å². The topological polar surface area (TPSA) is 45.7 Å². The van der Waals surface area contributed by atoms with Gasteiger partial charge < -0.3 is 9.64 Å². The van der Waals surface area contributed by atoms with Gasteiger partial charge in [-0.15, -0.1) is 11.6 Å². The Labute approximate surface area is 189 Å². The molecular formula is C25H28ClN3O2. The van der Waals surface area contributed by atoms with Gasteiger partial charge in [0.25, 0.3) is 5.91 Å². The molecule has 0 spiro atoms. The summed E-state index contributed by atoms with van der Waals surface area (Å²) in [7, 11) is 0. The minimum Gasteiger partial charge on any atom is -0.462 e. The van der Waals surface area contributed by atoms with Crippen LogP contribution < -0.4 is 4.74 Å². The van der Waals surface area contributed by atoms with Crippen LogP contribution in [0.25, 0.3) is 5.57 Å². The number of carbonyl (C=O) groups excluding carboxylic acids is 1. The lowest BCUT2D eigenvalue weighted by atomic mass is 10.0. The van der Waals surface area contributed by atoms with Crippen LogP contribution in [0.15, 0.2) is 60.6 Å². The van der Waals surface area contributed by atoms with Crippen molar-refractivity contribution in [2.45, 2.75) is 26.2 Å². The third-order valence-corrected chi connectivity index (χ3v) is 6.08. The van der Waals surface area contributed by atoms with Gasteiger partial charge in [-0.25, -0.2) is 0 Å². The fourth-order valence-corrected chi connectivity index (χ4v) is 4.25. The van der Waals surface area contributed by atoms with E-state index in [4.69, 9.17) is 16.3 Å². The van der Waals surface area contributed by atoms with Gasteiger partial charge in [-0.05, 0) is 62.6 Å². The van der Waals surface area contributed by atoms with Gasteiger partial charge in [0.05, 0.1) is 22.8 Å². The second kappa shape index (κ2) is 10.1. The van der Waals surface area contributed by atoms with Gasteiger partial charge in [0, 0.05) is 25.8 Å². The maximum Gasteiger partial charge on any atom is 0.261 e. The molecule has 0 saturated carbocycles. The van der Waals surface area contributed by atoms with Crippen LogP contribution in [0.3, 0.4) is 0 Å². The van der Waals surface area contributed by atoms with Crippen LogP contribution in [0.1, 0.15) is 40.9 Å². The van der Waals surface area contributed by atoms with Gasteiger partial charge in [0.1, 0.15) is 12.0 Å². The Morgan fingerprint density at radius 2 is 2.03 bits per heavy atom. The molecule has 31 heavy (non-hydrogen) atoms. The molecule has 0 atom stereocenters. The van der Waals surface area contributed by atoms with Gasteiger partial charge in [0.15, 0.2) is 0 Å². The predicted molar refractivity (Wildman–Crippen MR) is 124 cm³/mol. The van der Waals surface area contributed by atoms with Crippen LogP contribution in [0.2, 0.25) is 0 Å². The Hall–Kier alpha value is -2.63. The number of aryl methyl sites for hydroxylation is 1. The molecule has 0 saturated heterocycles. The van der Waals surface area contributed by atoms with Crippen LogP contribution in [0.5, 0.6) is 5.75 Å². The number of ether oxygens (including phenoxy) is 1. The quantitative estimate of drug-likeness (QED) is 0.457. The first kappa shape index (κ1) is 21.6. The number of benzene rings is 1. The molecule has 0 N–H and O–H groups in total. The molecule has 5 nitrogen and oxygen atoms in total. The van der Waals surface area contributed by atoms with Crippen LogP contribution in [0.4, 0.5) is 0 Å². The molecule has 1 aromatic carbocycles. The fraction of sp³-hybridized carbons (Fsp3) is 0.360. The van der Waals surface area contributed by atoms with E-state index < -0.39 is 0 Å². The Bertz CT molecular complexity index is 988. The molecule has 4 rings (SSSR count). The zero-order valence-electron chi connectivity index (χ0n) is 17.9. The number of unbranched alkanes of at least 4 members (excludes halogenated alkanes) is 1. The summed E-state index contributed by atoms with van der Waals surface area (Å²) in [5, 5.41) is 0. The Kier molecular flexibility index (Phi) is 7.05. The van der Waals surface area contributed by atoms with Gasteiger partial charge in [0.2, 0.25) is 0 Å². The number of allylic oxidation sites excluding steroid dienone is 1. The molecule has 0 radical (unpaired) electrons. The summed E-state index contributed by atoms with van der Waals surface area (Å²) in [6, 6.07) is 11.7. The van der Waals surface area contributed by atoms with E-state index in [1.54, 1.807) is 11.2 Å². The smallest absolute Gasteiger partial charge is 0.261 e. The number of rotatable bonds is 7. The first-order valence-corrected chi connectivity index (χ1v) is 11.4. The third kappa shape index (κ3) is 5.17. The summed E-state index contributed by atoms with van der Waals surface area (Å²) in [5.74, 6) is 0.792. The van der Waals surface area contributed by atoms with Crippen molar-refractivity contribution in [1.29, 1.82) is 0 Å². The number of aromatic nitrogens is 1. The number of carbonyl (C=O) groups is 1. The minimum atomic E-state index is -0.0380. The molecule has 2 aromatic rings. The first-order valence-electron chi connectivity index (χ1n) is 10.8. The lowest BCUT2D eigenvalue weighted by Crippen LogP contribution is -2.33. The van der Waals surface area contributed by atoms with Crippen LogP contribution in [0, 0.1) is 6.92 Å². The van der Waals surface area contributed by atoms with Crippen molar-refractivity contribution >= 4 is 23.1 Å². The highest BCUT2D eigenvalue weighted by atomic mass is 35.5.